The van der Waals surface area contributed by atoms with Gasteiger partial charge >= 0.3 is 0 Å². The molecule has 7 heteroatoms. The maximum absolute atomic E-state index is 13.0. The number of hydrogen-bond acceptors (Lipinski definition) is 5. The minimum Gasteiger partial charge on any atom is -0.380 e. The van der Waals surface area contributed by atoms with E-state index in [1.165, 1.54) is 10.4 Å². The van der Waals surface area contributed by atoms with Crippen LogP contribution in [0.3, 0.4) is 0 Å². The van der Waals surface area contributed by atoms with Gasteiger partial charge in [-0.25, -0.2) is 0 Å². The second-order valence-electron chi connectivity index (χ2n) is 7.64. The Labute approximate surface area is 165 Å². The third-order valence-corrected chi connectivity index (χ3v) is 7.43. The highest BCUT2D eigenvalue weighted by Crippen LogP contribution is 2.44. The lowest BCUT2D eigenvalue weighted by atomic mass is 9.81. The van der Waals surface area contributed by atoms with Gasteiger partial charge in [0.1, 0.15) is 5.60 Å². The van der Waals surface area contributed by atoms with Gasteiger partial charge in [0.05, 0.1) is 12.7 Å². The number of halogens is 1. The number of hydrogen-bond donors (Lipinski definition) is 1. The number of nitrogens with zero attached hydrogens (tertiary/aromatic N) is 1. The lowest BCUT2D eigenvalue weighted by Crippen LogP contribution is -2.51. The van der Waals surface area contributed by atoms with Crippen molar-refractivity contribution >= 4 is 29.7 Å². The van der Waals surface area contributed by atoms with Gasteiger partial charge in [0.15, 0.2) is 0 Å². The van der Waals surface area contributed by atoms with Crippen molar-refractivity contribution in [3.8, 4) is 0 Å². The zero-order valence-electron chi connectivity index (χ0n) is 15.3. The number of likely N-dealkylation sites (tertiary alicyclic amines) is 1. The Hall–Kier alpha value is -0.660. The number of carbonyl (C=O) groups is 1. The summed E-state index contributed by atoms with van der Waals surface area (Å²) in [5.74, 6) is 0.342. The molecule has 1 spiro atoms. The van der Waals surface area contributed by atoms with E-state index in [2.05, 4.69) is 11.4 Å². The van der Waals surface area contributed by atoms with Crippen LogP contribution in [0.2, 0.25) is 0 Å². The van der Waals surface area contributed by atoms with Gasteiger partial charge in [0.2, 0.25) is 5.91 Å². The maximum Gasteiger partial charge on any atom is 0.225 e. The van der Waals surface area contributed by atoms with Crippen LogP contribution in [-0.4, -0.2) is 49.8 Å². The van der Waals surface area contributed by atoms with E-state index in [9.17, 15) is 4.79 Å². The van der Waals surface area contributed by atoms with Crippen molar-refractivity contribution in [2.75, 3.05) is 26.8 Å². The van der Waals surface area contributed by atoms with E-state index in [0.717, 1.165) is 58.2 Å². The Bertz CT molecular complexity index is 630. The fraction of sp³-hybridized carbons (Fsp3) is 0.737. The van der Waals surface area contributed by atoms with Crippen molar-refractivity contribution in [1.29, 1.82) is 0 Å². The summed E-state index contributed by atoms with van der Waals surface area (Å²) in [4.78, 5) is 16.4. The van der Waals surface area contributed by atoms with Gasteiger partial charge in [0.25, 0.3) is 0 Å². The Morgan fingerprint density at radius 2 is 2.15 bits per heavy atom. The molecule has 3 heterocycles. The van der Waals surface area contributed by atoms with E-state index in [4.69, 9.17) is 15.2 Å². The van der Waals surface area contributed by atoms with Crippen molar-refractivity contribution in [3.05, 3.63) is 21.9 Å². The van der Waals surface area contributed by atoms with Crippen LogP contribution >= 0.6 is 23.7 Å². The average molecular weight is 401 g/mol. The molecule has 0 radical (unpaired) electrons. The molecule has 2 fully saturated rings. The number of amides is 1. The van der Waals surface area contributed by atoms with Crippen LogP contribution < -0.4 is 5.73 Å². The van der Waals surface area contributed by atoms with Gasteiger partial charge in [-0.2, -0.15) is 0 Å². The van der Waals surface area contributed by atoms with E-state index in [0.29, 0.717) is 0 Å². The summed E-state index contributed by atoms with van der Waals surface area (Å²) in [6.07, 6.45) is 5.35. The van der Waals surface area contributed by atoms with Crippen LogP contribution in [0.25, 0.3) is 0 Å². The average Bonchev–Trinajstić information content (AvgIpc) is 3.13. The number of piperidine rings is 1. The Morgan fingerprint density at radius 3 is 2.88 bits per heavy atom. The molecule has 0 bridgehead atoms. The number of nitrogens with two attached hydrogens (primary N) is 1. The summed E-state index contributed by atoms with van der Waals surface area (Å²) in [6, 6.07) is 2.30. The van der Waals surface area contributed by atoms with Crippen molar-refractivity contribution < 1.29 is 14.3 Å². The first-order valence-corrected chi connectivity index (χ1v) is 10.3. The molecule has 0 aromatic carbocycles. The van der Waals surface area contributed by atoms with Gasteiger partial charge in [0, 0.05) is 37.0 Å². The summed E-state index contributed by atoms with van der Waals surface area (Å²) in [7, 11) is 1.70. The highest BCUT2D eigenvalue weighted by atomic mass is 35.5. The molecule has 0 unspecified atom stereocenters. The lowest BCUT2D eigenvalue weighted by Gasteiger charge is -2.45. The highest BCUT2D eigenvalue weighted by Gasteiger charge is 2.44. The van der Waals surface area contributed by atoms with E-state index < -0.39 is 0 Å². The van der Waals surface area contributed by atoms with Crippen molar-refractivity contribution in [2.45, 2.75) is 56.3 Å². The summed E-state index contributed by atoms with van der Waals surface area (Å²) in [5, 5.41) is 2.18. The second kappa shape index (κ2) is 8.15. The molecule has 5 nitrogen and oxygen atoms in total. The van der Waals surface area contributed by atoms with Crippen molar-refractivity contribution in [3.63, 3.8) is 0 Å². The van der Waals surface area contributed by atoms with Crippen LogP contribution in [0, 0.1) is 5.92 Å². The molecule has 1 aromatic rings. The molecule has 3 atom stereocenters. The molecule has 1 aromatic heterocycles. The normalized spacial score (nSPS) is 30.5. The minimum absolute atomic E-state index is 0. The van der Waals surface area contributed by atoms with E-state index in [-0.39, 0.29) is 42.0 Å². The summed E-state index contributed by atoms with van der Waals surface area (Å²) in [6.45, 7) is 2.38. The van der Waals surface area contributed by atoms with E-state index in [1.54, 1.807) is 7.11 Å². The number of rotatable bonds is 2. The SMILES string of the molecule is CO[C@H]1C[C@@H](C(=O)N2CCC3(CC2)OCCc2ccsc23)CC[C@@H]1N.Cl. The molecule has 2 N–H and O–H groups in total. The number of thiophene rings is 1. The largest absolute Gasteiger partial charge is 0.380 e. The molecule has 146 valence electrons. The molecule has 1 saturated carbocycles. The smallest absolute Gasteiger partial charge is 0.225 e. The third-order valence-electron chi connectivity index (χ3n) is 6.29. The van der Waals surface area contributed by atoms with Crippen LogP contribution in [0.1, 0.15) is 42.5 Å². The summed E-state index contributed by atoms with van der Waals surface area (Å²) < 4.78 is 11.7. The predicted octanol–water partition coefficient (Wildman–Crippen LogP) is 2.70. The number of carbonyl (C=O) groups excluding carboxylic acids is 1. The Kier molecular flexibility index (Phi) is 6.29. The van der Waals surface area contributed by atoms with Crippen molar-refractivity contribution in [2.24, 2.45) is 11.7 Å². The quantitative estimate of drug-likeness (QED) is 0.828. The zero-order valence-corrected chi connectivity index (χ0v) is 16.9. The maximum atomic E-state index is 13.0. The number of fused-ring (bicyclic) bond motifs is 2. The van der Waals surface area contributed by atoms with Gasteiger partial charge in [-0.3, -0.25) is 4.79 Å². The molecule has 3 aliphatic rings. The fourth-order valence-corrected chi connectivity index (χ4v) is 5.89. The minimum atomic E-state index is -0.150. The summed E-state index contributed by atoms with van der Waals surface area (Å²) in [5.41, 5.74) is 7.39. The van der Waals surface area contributed by atoms with Gasteiger partial charge in [-0.15, -0.1) is 23.7 Å². The van der Waals surface area contributed by atoms with Crippen LogP contribution in [-0.2, 0) is 26.3 Å². The van der Waals surface area contributed by atoms with E-state index in [1.807, 2.05) is 16.2 Å². The van der Waals surface area contributed by atoms with Crippen LogP contribution in [0.15, 0.2) is 11.4 Å². The number of ether oxygens (including phenoxy) is 2. The first-order valence-electron chi connectivity index (χ1n) is 9.41. The van der Waals surface area contributed by atoms with E-state index >= 15 is 0 Å². The highest BCUT2D eigenvalue weighted by molar-refractivity contribution is 7.10. The van der Waals surface area contributed by atoms with Crippen molar-refractivity contribution in [1.82, 2.24) is 4.90 Å². The lowest BCUT2D eigenvalue weighted by molar-refractivity contribution is -0.147. The molecule has 26 heavy (non-hydrogen) atoms. The van der Waals surface area contributed by atoms with Gasteiger partial charge in [-0.05, 0) is 55.5 Å². The summed E-state index contributed by atoms with van der Waals surface area (Å²) >= 11 is 1.81. The van der Waals surface area contributed by atoms with Crippen LogP contribution in [0.4, 0.5) is 0 Å². The molecule has 1 aliphatic carbocycles. The molecule has 1 saturated heterocycles. The van der Waals surface area contributed by atoms with Gasteiger partial charge < -0.3 is 20.1 Å². The predicted molar refractivity (Wildman–Crippen MR) is 105 cm³/mol. The second-order valence-corrected chi connectivity index (χ2v) is 8.56. The Balaban J connectivity index is 0.00000196. The molecular formula is C19H29ClN2O3S. The molecule has 4 rings (SSSR count). The fourth-order valence-electron chi connectivity index (χ4n) is 4.72. The van der Waals surface area contributed by atoms with Gasteiger partial charge in [-0.1, -0.05) is 0 Å². The topological polar surface area (TPSA) is 64.8 Å². The molecule has 2 aliphatic heterocycles. The number of methoxy groups -OCH3 is 1. The standard InChI is InChI=1S/C19H28N2O3S.ClH/c1-23-16-12-14(2-3-15(16)20)18(22)21-8-6-19(7-9-21)17-13(4-10-24-19)5-11-25-17;/h5,11,14-16H,2-4,6-10,12,20H2,1H3;1H/t14-,15-,16-;/m0./s1. The zero-order chi connectivity index (χ0) is 17.4. The molecule has 1 amide bonds. The molecular weight excluding hydrogens is 372 g/mol. The first-order chi connectivity index (χ1) is 12.1. The van der Waals surface area contributed by atoms with Crippen LogP contribution in [0.5, 0.6) is 0 Å². The first kappa shape index (κ1) is 20.1. The monoisotopic (exact) mass is 400 g/mol. The Morgan fingerprint density at radius 1 is 1.38 bits per heavy atom. The third kappa shape index (κ3) is 3.54.